The van der Waals surface area contributed by atoms with E-state index in [1.54, 1.807) is 83.4 Å². The molecule has 21 heteroatoms. The van der Waals surface area contributed by atoms with Gasteiger partial charge < -0.3 is 30.2 Å². The molecular formula is C45H42F2N14O5. The van der Waals surface area contributed by atoms with E-state index in [4.69, 9.17) is 30.6 Å². The maximum Gasteiger partial charge on any atom is 0.338 e. The number of nitrogens with two attached hydrogens (primary N) is 1. The maximum absolute atomic E-state index is 15.7. The average molecular weight is 897 g/mol. The van der Waals surface area contributed by atoms with Crippen LogP contribution in [-0.2, 0) is 44.9 Å². The van der Waals surface area contributed by atoms with Gasteiger partial charge in [-0.2, -0.15) is 14.9 Å². The molecule has 8 aromatic rings. The standard InChI is InChI=1S/C35H30F2N8O3.C10H12N6O2/c1-35(2,3)48-34(46)24-12-13-29-30(16-24)45(19-31-41-43-44(4)42-31)32(39-29)17-22-10-11-23(15-27(22)37)28-6-5-7-33(40-28)47-20-25-9-8-21(18-38)14-26(25)36;1-16-14-9(13-15-16)5-12-8-4-6(10(17)18)2-3-7(8)11/h5-16H,17,19-20H2,1-4H3;2-4,12H,5,11H2,1H3,(H,17,18). The first kappa shape index (κ1) is 45.4. The topological polar surface area (TPSA) is 253 Å². The molecule has 0 bridgehead atoms. The number of esters is 1. The van der Waals surface area contributed by atoms with Crippen LogP contribution in [0.4, 0.5) is 20.2 Å². The minimum Gasteiger partial charge on any atom is -0.478 e. The Hall–Kier alpha value is -8.67. The number of nitrogens with zero attached hydrogens (tertiary/aromatic N) is 12. The van der Waals surface area contributed by atoms with Crippen LogP contribution < -0.4 is 15.8 Å². The van der Waals surface area contributed by atoms with Crippen molar-refractivity contribution < 1.29 is 33.0 Å². The second-order valence-corrected chi connectivity index (χ2v) is 15.7. The van der Waals surface area contributed by atoms with E-state index in [0.29, 0.717) is 68.8 Å². The molecule has 0 saturated heterocycles. The van der Waals surface area contributed by atoms with E-state index in [-0.39, 0.29) is 42.1 Å². The fourth-order valence-electron chi connectivity index (χ4n) is 6.45. The third-order valence-electron chi connectivity index (χ3n) is 9.58. The number of aromatic carboxylic acids is 1. The van der Waals surface area contributed by atoms with Crippen molar-refractivity contribution in [3.63, 3.8) is 0 Å². The molecule has 0 amide bonds. The first-order chi connectivity index (χ1) is 31.5. The number of hydrogen-bond donors (Lipinski definition) is 3. The lowest BCUT2D eigenvalue weighted by Crippen LogP contribution is -2.23. The van der Waals surface area contributed by atoms with Crippen molar-refractivity contribution in [3.8, 4) is 23.2 Å². The first-order valence-corrected chi connectivity index (χ1v) is 20.1. The monoisotopic (exact) mass is 896 g/mol. The van der Waals surface area contributed by atoms with Crippen LogP contribution in [0.15, 0.2) is 91.0 Å². The van der Waals surface area contributed by atoms with Gasteiger partial charge in [-0.25, -0.2) is 28.3 Å². The summed E-state index contributed by atoms with van der Waals surface area (Å²) in [4.78, 5) is 35.6. The highest BCUT2D eigenvalue weighted by Crippen LogP contribution is 2.27. The van der Waals surface area contributed by atoms with Crippen molar-refractivity contribution in [2.24, 2.45) is 14.1 Å². The number of hydrogen-bond acceptors (Lipinski definition) is 15. The summed E-state index contributed by atoms with van der Waals surface area (Å²) in [5.41, 5.74) is 9.70. The Bertz CT molecular complexity index is 3120. The molecule has 0 aliphatic rings. The summed E-state index contributed by atoms with van der Waals surface area (Å²) in [5.74, 6) is -0.798. The second kappa shape index (κ2) is 19.4. The zero-order valence-corrected chi connectivity index (χ0v) is 36.3. The van der Waals surface area contributed by atoms with E-state index in [0.717, 1.165) is 6.07 Å². The van der Waals surface area contributed by atoms with Gasteiger partial charge in [0.25, 0.3) is 0 Å². The number of carbonyl (C=O) groups is 2. The lowest BCUT2D eigenvalue weighted by atomic mass is 10.1. The highest BCUT2D eigenvalue weighted by molar-refractivity contribution is 5.94. The van der Waals surface area contributed by atoms with Crippen molar-refractivity contribution in [1.29, 1.82) is 5.26 Å². The third kappa shape index (κ3) is 11.3. The number of benzene rings is 4. The smallest absolute Gasteiger partial charge is 0.338 e. The molecule has 4 aromatic heterocycles. The molecule has 0 aliphatic carbocycles. The summed E-state index contributed by atoms with van der Waals surface area (Å²) >= 11 is 0. The van der Waals surface area contributed by atoms with E-state index in [2.05, 4.69) is 41.1 Å². The number of tetrazole rings is 2. The summed E-state index contributed by atoms with van der Waals surface area (Å²) < 4.78 is 43.1. The molecule has 0 fully saturated rings. The van der Waals surface area contributed by atoms with Gasteiger partial charge in [-0.3, -0.25) is 0 Å². The minimum atomic E-state index is -1.00. The lowest BCUT2D eigenvalue weighted by molar-refractivity contribution is 0.00693. The number of rotatable bonds is 13. The maximum atomic E-state index is 15.7. The molecule has 0 unspecified atom stereocenters. The number of pyridine rings is 1. The largest absolute Gasteiger partial charge is 0.478 e. The summed E-state index contributed by atoms with van der Waals surface area (Å²) in [6.45, 7) is 5.82. The van der Waals surface area contributed by atoms with Gasteiger partial charge in [-0.15, -0.1) is 20.4 Å². The number of anilines is 2. The number of carboxylic acid groups (broad SMARTS) is 1. The van der Waals surface area contributed by atoms with Gasteiger partial charge in [-0.05, 0) is 97.4 Å². The van der Waals surface area contributed by atoms with Crippen LogP contribution in [0.3, 0.4) is 0 Å². The van der Waals surface area contributed by atoms with Crippen LogP contribution in [0.5, 0.6) is 5.88 Å². The number of fused-ring (bicyclic) bond motifs is 1. The van der Waals surface area contributed by atoms with Crippen LogP contribution >= 0.6 is 0 Å². The average Bonchev–Trinajstić information content (AvgIpc) is 4.00. The third-order valence-corrected chi connectivity index (χ3v) is 9.58. The van der Waals surface area contributed by atoms with E-state index in [1.807, 2.05) is 10.6 Å². The fraction of sp³-hybridized carbons (Fsp3) is 0.222. The zero-order valence-electron chi connectivity index (χ0n) is 36.3. The normalized spacial score (nSPS) is 11.1. The quantitative estimate of drug-likeness (QED) is 0.0880. The van der Waals surface area contributed by atoms with Crippen molar-refractivity contribution in [2.75, 3.05) is 11.1 Å². The van der Waals surface area contributed by atoms with E-state index in [9.17, 15) is 14.0 Å². The zero-order chi connectivity index (χ0) is 47.1. The molecule has 336 valence electrons. The van der Waals surface area contributed by atoms with Gasteiger partial charge in [0, 0.05) is 23.6 Å². The number of aromatic nitrogens is 11. The highest BCUT2D eigenvalue weighted by atomic mass is 19.1. The summed E-state index contributed by atoms with van der Waals surface area (Å²) in [6.07, 6.45) is 0.134. The molecule has 4 N–H and O–H groups in total. The SMILES string of the molecule is Cn1nnc(CNc2cc(C(=O)O)ccc2N)n1.Cn1nnc(Cn2c(Cc3ccc(-c4cccc(OCc5ccc(C#N)cc5F)n4)cc3F)nc3ccc(C(=O)OC(C)(C)C)cc32)n1. The number of nitriles is 1. The summed E-state index contributed by atoms with van der Waals surface area (Å²) in [5, 5.41) is 44.6. The molecule has 0 saturated carbocycles. The molecular weight excluding hydrogens is 855 g/mol. The van der Waals surface area contributed by atoms with Crippen LogP contribution in [0.25, 0.3) is 22.3 Å². The molecule has 0 atom stereocenters. The minimum absolute atomic E-state index is 0.0916. The van der Waals surface area contributed by atoms with Crippen LogP contribution in [0, 0.1) is 23.0 Å². The number of imidazole rings is 1. The molecule has 66 heavy (non-hydrogen) atoms. The number of aryl methyl sites for hydroxylation is 2. The van der Waals surface area contributed by atoms with Gasteiger partial charge in [0.1, 0.15) is 29.7 Å². The number of nitrogen functional groups attached to an aromatic ring is 1. The van der Waals surface area contributed by atoms with Crippen LogP contribution in [0.1, 0.15) is 75.7 Å². The van der Waals surface area contributed by atoms with Gasteiger partial charge in [0.2, 0.25) is 5.88 Å². The Morgan fingerprint density at radius 3 is 2.23 bits per heavy atom. The van der Waals surface area contributed by atoms with Gasteiger partial charge >= 0.3 is 11.9 Å². The van der Waals surface area contributed by atoms with Gasteiger partial charge in [0.05, 0.1) is 78.0 Å². The predicted molar refractivity (Wildman–Crippen MR) is 235 cm³/mol. The molecule has 0 aliphatic heterocycles. The van der Waals surface area contributed by atoms with Crippen molar-refractivity contribution in [1.82, 2.24) is 54.9 Å². The van der Waals surface area contributed by atoms with E-state index >= 15 is 4.39 Å². The Morgan fingerprint density at radius 1 is 0.848 bits per heavy atom. The second-order valence-electron chi connectivity index (χ2n) is 15.7. The molecule has 0 radical (unpaired) electrons. The van der Waals surface area contributed by atoms with Crippen LogP contribution in [-0.4, -0.2) is 77.6 Å². The predicted octanol–water partition coefficient (Wildman–Crippen LogP) is 6.05. The Kier molecular flexibility index (Phi) is 13.3. The number of ether oxygens (including phenoxy) is 2. The van der Waals surface area contributed by atoms with Gasteiger partial charge in [-0.1, -0.05) is 24.3 Å². The Morgan fingerprint density at radius 2 is 1.56 bits per heavy atom. The highest BCUT2D eigenvalue weighted by Gasteiger charge is 2.22. The molecule has 4 heterocycles. The molecule has 19 nitrogen and oxygen atoms in total. The Balaban J connectivity index is 0.000000301. The molecule has 8 rings (SSSR count). The summed E-state index contributed by atoms with van der Waals surface area (Å²) in [6, 6.07) is 25.5. The summed E-state index contributed by atoms with van der Waals surface area (Å²) in [7, 11) is 3.32. The fourth-order valence-corrected chi connectivity index (χ4v) is 6.45. The van der Waals surface area contributed by atoms with Crippen molar-refractivity contribution >= 4 is 34.3 Å². The first-order valence-electron chi connectivity index (χ1n) is 20.1. The van der Waals surface area contributed by atoms with Crippen molar-refractivity contribution in [2.45, 2.75) is 52.5 Å². The molecule has 4 aromatic carbocycles. The van der Waals surface area contributed by atoms with Crippen LogP contribution in [0.2, 0.25) is 0 Å². The lowest BCUT2D eigenvalue weighted by Gasteiger charge is -2.19. The number of nitrogens with one attached hydrogen (secondary N) is 1. The van der Waals surface area contributed by atoms with E-state index < -0.39 is 29.2 Å². The van der Waals surface area contributed by atoms with Gasteiger partial charge in [0.15, 0.2) is 11.6 Å². The van der Waals surface area contributed by atoms with Crippen molar-refractivity contribution in [3.05, 3.63) is 148 Å². The molecule has 0 spiro atoms. The number of carbonyl (C=O) groups excluding carboxylic acids is 1. The number of carboxylic acids is 1. The van der Waals surface area contributed by atoms with E-state index in [1.165, 1.54) is 46.0 Å². The number of halogens is 2. The Labute approximate surface area is 375 Å².